The summed E-state index contributed by atoms with van der Waals surface area (Å²) >= 11 is 1.73. The summed E-state index contributed by atoms with van der Waals surface area (Å²) in [4.78, 5) is 11.9. The first-order valence-corrected chi connectivity index (χ1v) is 8.43. The molecule has 7 heteroatoms. The van der Waals surface area contributed by atoms with Crippen LogP contribution in [-0.4, -0.2) is 47.0 Å². The Morgan fingerprint density at radius 2 is 1.96 bits per heavy atom. The molecule has 0 N–H and O–H groups in total. The maximum absolute atomic E-state index is 5.51. The SMILES string of the molecule is COc1nc2ncnn2c(N(C)C)c1Cc1ccc(SC)cc1. The minimum absolute atomic E-state index is 0.534. The van der Waals surface area contributed by atoms with Gasteiger partial charge in [0.1, 0.15) is 12.1 Å². The van der Waals surface area contributed by atoms with Gasteiger partial charge in [0.05, 0.1) is 12.7 Å². The Hall–Kier alpha value is -2.28. The molecule has 1 aromatic carbocycles. The number of hydrogen-bond donors (Lipinski definition) is 0. The second-order valence-corrected chi connectivity index (χ2v) is 6.19. The number of ether oxygens (including phenoxy) is 1. The smallest absolute Gasteiger partial charge is 0.257 e. The van der Waals surface area contributed by atoms with Gasteiger partial charge in [-0.25, -0.2) is 0 Å². The van der Waals surface area contributed by atoms with Gasteiger partial charge in [-0.05, 0) is 24.0 Å². The molecule has 0 saturated carbocycles. The minimum atomic E-state index is 0.534. The standard InChI is InChI=1S/C16H19N5OS/c1-20(2)15-13(9-11-5-7-12(23-4)8-6-11)14(22-3)19-16-17-10-18-21(15)16/h5-8,10H,9H2,1-4H3. The summed E-state index contributed by atoms with van der Waals surface area (Å²) in [6.07, 6.45) is 4.30. The van der Waals surface area contributed by atoms with E-state index < -0.39 is 0 Å². The number of benzene rings is 1. The third-order valence-electron chi connectivity index (χ3n) is 3.62. The zero-order valence-electron chi connectivity index (χ0n) is 13.6. The lowest BCUT2D eigenvalue weighted by Crippen LogP contribution is -2.18. The van der Waals surface area contributed by atoms with Crippen LogP contribution in [0.5, 0.6) is 5.88 Å². The fourth-order valence-corrected chi connectivity index (χ4v) is 2.98. The van der Waals surface area contributed by atoms with E-state index >= 15 is 0 Å². The molecule has 0 unspecified atom stereocenters. The van der Waals surface area contributed by atoms with Gasteiger partial charge in [0.25, 0.3) is 5.78 Å². The van der Waals surface area contributed by atoms with Crippen molar-refractivity contribution in [2.24, 2.45) is 0 Å². The first-order valence-electron chi connectivity index (χ1n) is 7.21. The zero-order chi connectivity index (χ0) is 16.4. The molecule has 23 heavy (non-hydrogen) atoms. The van der Waals surface area contributed by atoms with Crippen LogP contribution >= 0.6 is 11.8 Å². The van der Waals surface area contributed by atoms with Gasteiger partial charge < -0.3 is 9.64 Å². The normalized spacial score (nSPS) is 11.0. The van der Waals surface area contributed by atoms with Crippen LogP contribution < -0.4 is 9.64 Å². The Bertz CT molecular complexity index is 813. The number of rotatable bonds is 5. The number of methoxy groups -OCH3 is 1. The largest absolute Gasteiger partial charge is 0.481 e. The summed E-state index contributed by atoms with van der Waals surface area (Å²) in [5.74, 6) is 2.05. The van der Waals surface area contributed by atoms with Crippen LogP contribution in [0.1, 0.15) is 11.1 Å². The van der Waals surface area contributed by atoms with Crippen molar-refractivity contribution in [1.29, 1.82) is 0 Å². The minimum Gasteiger partial charge on any atom is -0.481 e. The monoisotopic (exact) mass is 329 g/mol. The Morgan fingerprint density at radius 1 is 1.22 bits per heavy atom. The van der Waals surface area contributed by atoms with Crippen LogP contribution in [0.15, 0.2) is 35.5 Å². The summed E-state index contributed by atoms with van der Waals surface area (Å²) in [5, 5.41) is 4.29. The Kier molecular flexibility index (Phi) is 4.38. The van der Waals surface area contributed by atoms with Crippen LogP contribution in [0, 0.1) is 0 Å². The molecule has 0 fully saturated rings. The van der Waals surface area contributed by atoms with Crippen molar-refractivity contribution in [2.75, 3.05) is 32.4 Å². The van der Waals surface area contributed by atoms with E-state index in [4.69, 9.17) is 4.74 Å². The summed E-state index contributed by atoms with van der Waals surface area (Å²) in [6, 6.07) is 8.53. The predicted octanol–water partition coefficient (Wildman–Crippen LogP) is 2.51. The highest BCUT2D eigenvalue weighted by atomic mass is 32.2. The van der Waals surface area contributed by atoms with Crippen molar-refractivity contribution in [3.63, 3.8) is 0 Å². The molecule has 2 heterocycles. The number of thioether (sulfide) groups is 1. The van der Waals surface area contributed by atoms with Gasteiger partial charge >= 0.3 is 0 Å². The second kappa shape index (κ2) is 6.45. The summed E-state index contributed by atoms with van der Waals surface area (Å²) < 4.78 is 7.25. The van der Waals surface area contributed by atoms with E-state index in [0.29, 0.717) is 18.1 Å². The average molecular weight is 329 g/mol. The molecular formula is C16H19N5OS. The van der Waals surface area contributed by atoms with E-state index in [2.05, 4.69) is 45.6 Å². The van der Waals surface area contributed by atoms with Gasteiger partial charge in [-0.3, -0.25) is 0 Å². The Balaban J connectivity index is 2.11. The van der Waals surface area contributed by atoms with E-state index in [9.17, 15) is 0 Å². The molecule has 2 aromatic heterocycles. The second-order valence-electron chi connectivity index (χ2n) is 5.31. The molecule has 0 amide bonds. The molecule has 0 aliphatic carbocycles. The molecule has 3 rings (SSSR count). The lowest BCUT2D eigenvalue weighted by Gasteiger charge is -2.20. The van der Waals surface area contributed by atoms with Gasteiger partial charge in [0.15, 0.2) is 0 Å². The number of aromatic nitrogens is 4. The van der Waals surface area contributed by atoms with Crippen LogP contribution in [-0.2, 0) is 6.42 Å². The van der Waals surface area contributed by atoms with Crippen LogP contribution in [0.4, 0.5) is 5.82 Å². The molecular weight excluding hydrogens is 310 g/mol. The number of fused-ring (bicyclic) bond motifs is 1. The number of hydrogen-bond acceptors (Lipinski definition) is 6. The van der Waals surface area contributed by atoms with Crippen molar-refractivity contribution in [3.05, 3.63) is 41.7 Å². The van der Waals surface area contributed by atoms with Crippen LogP contribution in [0.2, 0.25) is 0 Å². The molecule has 0 aliphatic heterocycles. The quantitative estimate of drug-likeness (QED) is 0.671. The fraction of sp³-hybridized carbons (Fsp3) is 0.312. The molecule has 0 radical (unpaired) electrons. The van der Waals surface area contributed by atoms with Crippen LogP contribution in [0.25, 0.3) is 5.78 Å². The van der Waals surface area contributed by atoms with E-state index in [0.717, 1.165) is 11.4 Å². The maximum Gasteiger partial charge on any atom is 0.257 e. The maximum atomic E-state index is 5.51. The number of anilines is 1. The topological polar surface area (TPSA) is 55.6 Å². The van der Waals surface area contributed by atoms with Crippen molar-refractivity contribution in [2.45, 2.75) is 11.3 Å². The highest BCUT2D eigenvalue weighted by Crippen LogP contribution is 2.30. The van der Waals surface area contributed by atoms with Gasteiger partial charge in [-0.15, -0.1) is 11.8 Å². The van der Waals surface area contributed by atoms with Gasteiger partial charge in [0.2, 0.25) is 5.88 Å². The van der Waals surface area contributed by atoms with Crippen molar-refractivity contribution >= 4 is 23.4 Å². The van der Waals surface area contributed by atoms with E-state index in [1.54, 1.807) is 23.4 Å². The van der Waals surface area contributed by atoms with Gasteiger partial charge in [-0.2, -0.15) is 19.6 Å². The first-order chi connectivity index (χ1) is 11.1. The zero-order valence-corrected chi connectivity index (χ0v) is 14.5. The summed E-state index contributed by atoms with van der Waals surface area (Å²) in [5.41, 5.74) is 2.19. The molecule has 0 atom stereocenters. The molecule has 0 saturated heterocycles. The predicted molar refractivity (Wildman–Crippen MR) is 92.7 cm³/mol. The first kappa shape index (κ1) is 15.6. The molecule has 3 aromatic rings. The Labute approximate surface area is 139 Å². The lowest BCUT2D eigenvalue weighted by atomic mass is 10.1. The lowest BCUT2D eigenvalue weighted by molar-refractivity contribution is 0.393. The molecule has 0 bridgehead atoms. The third kappa shape index (κ3) is 2.96. The highest BCUT2D eigenvalue weighted by Gasteiger charge is 2.19. The Morgan fingerprint density at radius 3 is 2.57 bits per heavy atom. The average Bonchev–Trinajstić information content (AvgIpc) is 3.02. The summed E-state index contributed by atoms with van der Waals surface area (Å²) in [6.45, 7) is 0. The molecule has 0 aliphatic rings. The molecule has 120 valence electrons. The van der Waals surface area contributed by atoms with Crippen molar-refractivity contribution in [3.8, 4) is 5.88 Å². The number of nitrogens with zero attached hydrogens (tertiary/aromatic N) is 5. The van der Waals surface area contributed by atoms with Crippen molar-refractivity contribution in [1.82, 2.24) is 19.6 Å². The molecule has 0 spiro atoms. The molecule has 6 nitrogen and oxygen atoms in total. The van der Waals surface area contributed by atoms with Crippen LogP contribution in [0.3, 0.4) is 0 Å². The highest BCUT2D eigenvalue weighted by molar-refractivity contribution is 7.98. The fourth-order valence-electron chi connectivity index (χ4n) is 2.57. The van der Waals surface area contributed by atoms with Gasteiger partial charge in [-0.1, -0.05) is 12.1 Å². The summed E-state index contributed by atoms with van der Waals surface area (Å²) in [7, 11) is 5.60. The van der Waals surface area contributed by atoms with E-state index in [1.165, 1.54) is 16.8 Å². The van der Waals surface area contributed by atoms with E-state index in [1.807, 2.05) is 19.0 Å². The van der Waals surface area contributed by atoms with Gasteiger partial charge in [0, 0.05) is 25.4 Å². The third-order valence-corrected chi connectivity index (χ3v) is 4.36. The van der Waals surface area contributed by atoms with E-state index in [-0.39, 0.29) is 0 Å². The van der Waals surface area contributed by atoms with Crippen molar-refractivity contribution < 1.29 is 4.74 Å².